The van der Waals surface area contributed by atoms with Crippen LogP contribution >= 0.6 is 7.82 Å². The van der Waals surface area contributed by atoms with Gasteiger partial charge in [-0.1, -0.05) is 0 Å². The molecule has 1 aromatic heterocycles. The molecule has 0 amide bonds. The monoisotopic (exact) mass is 402 g/mol. The Morgan fingerprint density at radius 1 is 1.44 bits per heavy atom. The summed E-state index contributed by atoms with van der Waals surface area (Å²) in [6.07, 6.45) is -5.23. The number of ether oxygens (including phenoxy) is 1. The number of nitrogens with one attached hydrogen (secondary N) is 1. The molecule has 4 N–H and O–H groups in total. The molecule has 0 spiro atoms. The van der Waals surface area contributed by atoms with Crippen molar-refractivity contribution in [2.75, 3.05) is 6.61 Å². The number of aromatic amines is 1. The summed E-state index contributed by atoms with van der Waals surface area (Å²) in [5.74, 6) is 0. The summed E-state index contributed by atoms with van der Waals surface area (Å²) >= 11 is 0. The van der Waals surface area contributed by atoms with E-state index in [1.807, 2.05) is 4.98 Å². The van der Waals surface area contributed by atoms with Gasteiger partial charge in [0.05, 0.1) is 6.61 Å². The van der Waals surface area contributed by atoms with E-state index in [0.29, 0.717) is 0 Å². The van der Waals surface area contributed by atoms with Gasteiger partial charge >= 0.3 is 13.5 Å². The van der Waals surface area contributed by atoms with Crippen molar-refractivity contribution >= 4 is 7.82 Å². The fraction of sp³-hybridized carbons (Fsp3) is 0.538. The molecule has 5 atom stereocenters. The lowest BCUT2D eigenvalue weighted by atomic mass is 10.1. The van der Waals surface area contributed by atoms with Gasteiger partial charge in [0.25, 0.3) is 5.56 Å². The summed E-state index contributed by atoms with van der Waals surface area (Å²) in [4.78, 5) is 34.9. The number of hydrogen-bond donors (Lipinski definition) is 4. The average molecular weight is 402 g/mol. The highest BCUT2D eigenvalue weighted by molar-refractivity contribution is 7.47. The van der Waals surface area contributed by atoms with Gasteiger partial charge < -0.3 is 19.8 Å². The molecule has 13 nitrogen and oxygen atoms in total. The minimum Gasteiger partial charge on any atom is -0.394 e. The third kappa shape index (κ3) is 4.50. The van der Waals surface area contributed by atoms with Crippen molar-refractivity contribution < 1.29 is 33.5 Å². The average Bonchev–Trinajstić information content (AvgIpc) is 2.90. The van der Waals surface area contributed by atoms with Gasteiger partial charge in [-0.25, -0.2) is 9.36 Å². The van der Waals surface area contributed by atoms with Gasteiger partial charge in [0, 0.05) is 12.3 Å². The molecule has 1 aliphatic rings. The quantitative estimate of drug-likeness (QED) is 0.386. The molecule has 1 aliphatic heterocycles. The number of aromatic nitrogens is 2. The minimum absolute atomic E-state index is 0.721. The summed E-state index contributed by atoms with van der Waals surface area (Å²) < 4.78 is 27.6. The maximum Gasteiger partial charge on any atom is 0.475 e. The van der Waals surface area contributed by atoms with E-state index in [1.165, 1.54) is 12.1 Å². The second-order valence-corrected chi connectivity index (χ2v) is 6.97. The van der Waals surface area contributed by atoms with Crippen LogP contribution in [0.3, 0.4) is 0 Å². The summed E-state index contributed by atoms with van der Waals surface area (Å²) in [7, 11) is -5.11. The second-order valence-electron chi connectivity index (χ2n) is 5.64. The van der Waals surface area contributed by atoms with Gasteiger partial charge in [0.1, 0.15) is 30.5 Å². The first-order valence-electron chi connectivity index (χ1n) is 7.36. The normalized spacial score (nSPS) is 27.5. The van der Waals surface area contributed by atoms with Crippen LogP contribution in [0, 0.1) is 22.7 Å². The molecule has 14 heteroatoms. The molecule has 0 aliphatic carbocycles. The Hall–Kier alpha value is -2.35. The SMILES string of the molecule is CC(C#N)(C#N)OP(=O)(O)O[C@@H]1[C@H](O)[C@@H](CO)O[C@H]1n1ccc(=O)[nH]c1=O. The Bertz CT molecular complexity index is 931. The van der Waals surface area contributed by atoms with Crippen molar-refractivity contribution in [3.05, 3.63) is 33.1 Å². The first-order chi connectivity index (χ1) is 12.6. The largest absolute Gasteiger partial charge is 0.475 e. The Morgan fingerprint density at radius 2 is 2.07 bits per heavy atom. The number of phosphoric ester groups is 1. The zero-order valence-electron chi connectivity index (χ0n) is 13.8. The second kappa shape index (κ2) is 7.72. The van der Waals surface area contributed by atoms with Gasteiger partial charge in [0.2, 0.25) is 5.60 Å². The van der Waals surface area contributed by atoms with Crippen LogP contribution in [0.4, 0.5) is 0 Å². The van der Waals surface area contributed by atoms with E-state index in [2.05, 4.69) is 4.52 Å². The van der Waals surface area contributed by atoms with Crippen LogP contribution in [0.1, 0.15) is 13.2 Å². The Balaban J connectivity index is 2.37. The molecule has 1 fully saturated rings. The van der Waals surface area contributed by atoms with Gasteiger partial charge in [-0.3, -0.25) is 23.4 Å². The molecular formula is C13H15N4O9P. The highest BCUT2D eigenvalue weighted by Crippen LogP contribution is 2.51. The molecule has 27 heavy (non-hydrogen) atoms. The molecule has 0 radical (unpaired) electrons. The summed E-state index contributed by atoms with van der Waals surface area (Å²) in [6, 6.07) is 3.70. The third-order valence-electron chi connectivity index (χ3n) is 3.60. The number of aliphatic hydroxyl groups is 2. The number of hydrogen-bond acceptors (Lipinski definition) is 10. The number of nitrogens with zero attached hydrogens (tertiary/aromatic N) is 3. The molecule has 0 bridgehead atoms. The molecule has 2 rings (SSSR count). The van der Waals surface area contributed by atoms with Gasteiger partial charge in [-0.2, -0.15) is 10.5 Å². The standard InChI is InChI=1S/C13H15N4O9P/c1-13(5-14,6-15)26-27(22,23)25-10-9(20)7(4-18)24-11(10)17-3-2-8(19)16-12(17)21/h2-3,7,9-11,18,20H,4H2,1H3,(H,22,23)(H,16,19,21)/t7-,9-,10-,11-/m1/s1. The van der Waals surface area contributed by atoms with Gasteiger partial charge in [-0.15, -0.1) is 0 Å². The fourth-order valence-electron chi connectivity index (χ4n) is 2.31. The van der Waals surface area contributed by atoms with Crippen molar-refractivity contribution in [1.82, 2.24) is 9.55 Å². The molecular weight excluding hydrogens is 387 g/mol. The van der Waals surface area contributed by atoms with E-state index >= 15 is 0 Å². The Morgan fingerprint density at radius 3 is 2.59 bits per heavy atom. The number of H-pyrrole nitrogens is 1. The molecule has 1 aromatic rings. The van der Waals surface area contributed by atoms with Crippen LogP contribution in [0.15, 0.2) is 21.9 Å². The predicted molar refractivity (Wildman–Crippen MR) is 83.7 cm³/mol. The first-order valence-corrected chi connectivity index (χ1v) is 8.85. The first kappa shape index (κ1) is 21.0. The molecule has 0 aromatic carbocycles. The highest BCUT2D eigenvalue weighted by Gasteiger charge is 2.50. The van der Waals surface area contributed by atoms with E-state index in [1.54, 1.807) is 0 Å². The van der Waals surface area contributed by atoms with Gasteiger partial charge in [-0.05, 0) is 6.92 Å². The highest BCUT2D eigenvalue weighted by atomic mass is 31.2. The summed E-state index contributed by atoms with van der Waals surface area (Å²) in [5.41, 5.74) is -4.02. The zero-order valence-corrected chi connectivity index (χ0v) is 14.6. The van der Waals surface area contributed by atoms with Crippen LogP contribution in [-0.2, 0) is 18.3 Å². The zero-order chi connectivity index (χ0) is 20.4. The van der Waals surface area contributed by atoms with E-state index in [-0.39, 0.29) is 0 Å². The Kier molecular flexibility index (Phi) is 5.99. The maximum atomic E-state index is 12.2. The number of phosphoric acid groups is 1. The van der Waals surface area contributed by atoms with E-state index in [4.69, 9.17) is 19.8 Å². The fourth-order valence-corrected chi connectivity index (χ4v) is 3.43. The molecule has 146 valence electrons. The predicted octanol–water partition coefficient (Wildman–Crippen LogP) is -1.90. The Labute approximate surface area is 151 Å². The summed E-state index contributed by atoms with van der Waals surface area (Å²) in [6.45, 7) is 0.196. The topological polar surface area (TPSA) is 208 Å². The van der Waals surface area contributed by atoms with Crippen molar-refractivity contribution in [3.63, 3.8) is 0 Å². The van der Waals surface area contributed by atoms with Crippen LogP contribution in [-0.4, -0.2) is 55.2 Å². The molecule has 1 unspecified atom stereocenters. The molecule has 0 saturated carbocycles. The number of rotatable bonds is 6. The summed E-state index contributed by atoms with van der Waals surface area (Å²) in [5, 5.41) is 37.2. The van der Waals surface area contributed by atoms with Crippen molar-refractivity contribution in [1.29, 1.82) is 10.5 Å². The lowest BCUT2D eigenvalue weighted by Crippen LogP contribution is -2.39. The lowest BCUT2D eigenvalue weighted by molar-refractivity contribution is -0.0562. The maximum absolute atomic E-state index is 12.2. The van der Waals surface area contributed by atoms with E-state index in [9.17, 15) is 29.3 Å². The third-order valence-corrected chi connectivity index (χ3v) is 4.70. The van der Waals surface area contributed by atoms with Crippen molar-refractivity contribution in [2.24, 2.45) is 0 Å². The smallest absolute Gasteiger partial charge is 0.394 e. The van der Waals surface area contributed by atoms with E-state index in [0.717, 1.165) is 23.8 Å². The van der Waals surface area contributed by atoms with Gasteiger partial charge in [0.15, 0.2) is 6.23 Å². The number of aliphatic hydroxyl groups excluding tert-OH is 2. The van der Waals surface area contributed by atoms with E-state index < -0.39 is 55.8 Å². The van der Waals surface area contributed by atoms with Crippen LogP contribution in [0.5, 0.6) is 0 Å². The van der Waals surface area contributed by atoms with Crippen molar-refractivity contribution in [3.8, 4) is 12.1 Å². The lowest BCUT2D eigenvalue weighted by Gasteiger charge is -2.25. The van der Waals surface area contributed by atoms with Crippen molar-refractivity contribution in [2.45, 2.75) is 37.1 Å². The molecule has 2 heterocycles. The van der Waals surface area contributed by atoms with Crippen LogP contribution < -0.4 is 11.2 Å². The van der Waals surface area contributed by atoms with Crippen LogP contribution in [0.25, 0.3) is 0 Å². The van der Waals surface area contributed by atoms with Crippen LogP contribution in [0.2, 0.25) is 0 Å². The molecule has 1 saturated heterocycles. The number of nitriles is 2. The minimum atomic E-state index is -5.11.